The van der Waals surface area contributed by atoms with Crippen LogP contribution >= 0.6 is 11.3 Å². The number of sulfonamides is 1. The molecule has 29 heavy (non-hydrogen) atoms. The Balaban J connectivity index is 1.73. The van der Waals surface area contributed by atoms with E-state index in [4.69, 9.17) is 4.74 Å². The van der Waals surface area contributed by atoms with E-state index >= 15 is 0 Å². The van der Waals surface area contributed by atoms with Gasteiger partial charge in [-0.3, -0.25) is 4.79 Å². The Kier molecular flexibility index (Phi) is 5.34. The molecular formula is C19H18FN3O4S2. The van der Waals surface area contributed by atoms with Gasteiger partial charge in [-0.15, -0.1) is 0 Å². The van der Waals surface area contributed by atoms with Crippen LogP contribution in [0.25, 0.3) is 10.2 Å². The molecule has 0 spiro atoms. The zero-order valence-electron chi connectivity index (χ0n) is 15.5. The first-order valence-corrected chi connectivity index (χ1v) is 11.1. The molecule has 10 heteroatoms. The van der Waals surface area contributed by atoms with E-state index in [2.05, 4.69) is 4.99 Å². The van der Waals surface area contributed by atoms with Gasteiger partial charge in [-0.2, -0.15) is 9.30 Å². The molecule has 0 unspecified atom stereocenters. The van der Waals surface area contributed by atoms with Crippen LogP contribution in [0.15, 0.2) is 52.4 Å². The second kappa shape index (κ2) is 7.79. The van der Waals surface area contributed by atoms with Crippen molar-refractivity contribution in [2.24, 2.45) is 12.0 Å². The third-order valence-electron chi connectivity index (χ3n) is 4.68. The van der Waals surface area contributed by atoms with Gasteiger partial charge in [0.25, 0.3) is 5.91 Å². The fourth-order valence-corrected chi connectivity index (χ4v) is 5.61. The number of aryl methyl sites for hydroxylation is 1. The van der Waals surface area contributed by atoms with Gasteiger partial charge in [-0.25, -0.2) is 12.8 Å². The van der Waals surface area contributed by atoms with Gasteiger partial charge in [0.1, 0.15) is 10.7 Å². The van der Waals surface area contributed by atoms with Crippen LogP contribution in [0.1, 0.15) is 10.4 Å². The summed E-state index contributed by atoms with van der Waals surface area (Å²) in [6.07, 6.45) is 0. The van der Waals surface area contributed by atoms with Gasteiger partial charge < -0.3 is 9.30 Å². The monoisotopic (exact) mass is 435 g/mol. The predicted octanol–water partition coefficient (Wildman–Crippen LogP) is 2.14. The van der Waals surface area contributed by atoms with E-state index in [0.29, 0.717) is 4.80 Å². The molecule has 1 aromatic heterocycles. The van der Waals surface area contributed by atoms with Gasteiger partial charge >= 0.3 is 0 Å². The fraction of sp³-hybridized carbons (Fsp3) is 0.263. The number of para-hydroxylation sites is 1. The van der Waals surface area contributed by atoms with E-state index in [1.165, 1.54) is 17.4 Å². The number of ether oxygens (including phenoxy) is 1. The molecule has 4 rings (SSSR count). The molecule has 0 radical (unpaired) electrons. The molecule has 3 aromatic rings. The minimum absolute atomic E-state index is 0.00990. The van der Waals surface area contributed by atoms with Crippen molar-refractivity contribution in [1.82, 2.24) is 8.87 Å². The summed E-state index contributed by atoms with van der Waals surface area (Å²) in [4.78, 5) is 16.8. The van der Waals surface area contributed by atoms with E-state index in [0.717, 1.165) is 26.7 Å². The largest absolute Gasteiger partial charge is 0.379 e. The highest BCUT2D eigenvalue weighted by molar-refractivity contribution is 7.89. The maximum Gasteiger partial charge on any atom is 0.279 e. The molecule has 0 saturated carbocycles. The van der Waals surface area contributed by atoms with Crippen molar-refractivity contribution in [3.63, 3.8) is 0 Å². The first kappa shape index (κ1) is 19.9. The second-order valence-electron chi connectivity index (χ2n) is 6.49. The summed E-state index contributed by atoms with van der Waals surface area (Å²) in [6, 6.07) is 10.9. The number of hydrogen-bond donors (Lipinski definition) is 0. The number of amides is 1. The summed E-state index contributed by atoms with van der Waals surface area (Å²) >= 11 is 1.34. The maximum absolute atomic E-state index is 14.3. The number of rotatable bonds is 3. The number of fused-ring (bicyclic) bond motifs is 1. The standard InChI is InChI=1S/C19H18FN3O4S2/c1-22-15-4-2-3-5-16(15)28-19(22)21-18(24)13-6-7-14(20)17(12-13)29(25,26)23-8-10-27-11-9-23/h2-7,12H,8-11H2,1H3. The van der Waals surface area contributed by atoms with Gasteiger partial charge in [0.15, 0.2) is 4.80 Å². The summed E-state index contributed by atoms with van der Waals surface area (Å²) in [5.74, 6) is -1.54. The van der Waals surface area contributed by atoms with Crippen LogP contribution in [0.4, 0.5) is 4.39 Å². The van der Waals surface area contributed by atoms with E-state index in [1.807, 2.05) is 24.3 Å². The summed E-state index contributed by atoms with van der Waals surface area (Å²) in [5, 5.41) is 0. The molecule has 1 aliphatic heterocycles. The lowest BCUT2D eigenvalue weighted by molar-refractivity contribution is 0.0729. The van der Waals surface area contributed by atoms with Crippen LogP contribution in [0, 0.1) is 5.82 Å². The van der Waals surface area contributed by atoms with E-state index in [-0.39, 0.29) is 31.9 Å². The SMILES string of the molecule is Cn1c(=NC(=O)c2ccc(F)c(S(=O)(=O)N3CCOCC3)c2)sc2ccccc21. The average molecular weight is 436 g/mol. The lowest BCUT2D eigenvalue weighted by Gasteiger charge is -2.26. The van der Waals surface area contributed by atoms with E-state index in [9.17, 15) is 17.6 Å². The topological polar surface area (TPSA) is 81.0 Å². The summed E-state index contributed by atoms with van der Waals surface area (Å²) in [7, 11) is -2.27. The average Bonchev–Trinajstić information content (AvgIpc) is 3.04. The molecule has 0 bridgehead atoms. The van der Waals surface area contributed by atoms with Crippen molar-refractivity contribution in [2.75, 3.05) is 26.3 Å². The number of thiazole rings is 1. The minimum atomic E-state index is -4.07. The number of aromatic nitrogens is 1. The van der Waals surface area contributed by atoms with Crippen molar-refractivity contribution in [2.45, 2.75) is 4.90 Å². The number of nitrogens with zero attached hydrogens (tertiary/aromatic N) is 3. The highest BCUT2D eigenvalue weighted by Gasteiger charge is 2.29. The molecule has 1 saturated heterocycles. The quantitative estimate of drug-likeness (QED) is 0.631. The fourth-order valence-electron chi connectivity index (χ4n) is 3.10. The Hall–Kier alpha value is -2.40. The summed E-state index contributed by atoms with van der Waals surface area (Å²) in [6.45, 7) is 0.776. The number of benzene rings is 2. The lowest BCUT2D eigenvalue weighted by atomic mass is 10.2. The third kappa shape index (κ3) is 3.76. The normalized spacial score (nSPS) is 16.4. The zero-order valence-corrected chi connectivity index (χ0v) is 17.2. The second-order valence-corrected chi connectivity index (χ2v) is 9.41. The van der Waals surface area contributed by atoms with Crippen molar-refractivity contribution in [3.05, 3.63) is 58.6 Å². The molecule has 7 nitrogen and oxygen atoms in total. The summed E-state index contributed by atoms with van der Waals surface area (Å²) in [5.41, 5.74) is 0.939. The molecule has 1 amide bonds. The highest BCUT2D eigenvalue weighted by atomic mass is 32.2. The molecule has 2 heterocycles. The summed E-state index contributed by atoms with van der Waals surface area (Å²) < 4.78 is 49.0. The van der Waals surface area contributed by atoms with Gasteiger partial charge in [0, 0.05) is 25.7 Å². The minimum Gasteiger partial charge on any atom is -0.379 e. The molecule has 1 aliphatic rings. The Morgan fingerprint density at radius 3 is 2.62 bits per heavy atom. The van der Waals surface area contributed by atoms with E-state index in [1.54, 1.807) is 11.6 Å². The number of halogens is 1. The van der Waals surface area contributed by atoms with Crippen LogP contribution in [-0.4, -0.2) is 49.5 Å². The van der Waals surface area contributed by atoms with Crippen LogP contribution in [0.2, 0.25) is 0 Å². The maximum atomic E-state index is 14.3. The van der Waals surface area contributed by atoms with E-state index < -0.39 is 26.6 Å². The molecular weight excluding hydrogens is 417 g/mol. The van der Waals surface area contributed by atoms with Crippen molar-refractivity contribution >= 4 is 37.5 Å². The van der Waals surface area contributed by atoms with Crippen molar-refractivity contribution < 1.29 is 22.3 Å². The smallest absolute Gasteiger partial charge is 0.279 e. The Morgan fingerprint density at radius 2 is 1.90 bits per heavy atom. The molecule has 152 valence electrons. The van der Waals surface area contributed by atoms with Crippen molar-refractivity contribution in [3.8, 4) is 0 Å². The zero-order chi connectivity index (χ0) is 20.6. The van der Waals surface area contributed by atoms with Gasteiger partial charge in [0.05, 0.1) is 23.4 Å². The molecule has 2 aromatic carbocycles. The Labute approximate surface area is 170 Å². The van der Waals surface area contributed by atoms with Crippen LogP contribution in [0.3, 0.4) is 0 Å². The lowest BCUT2D eigenvalue weighted by Crippen LogP contribution is -2.41. The van der Waals surface area contributed by atoms with Crippen LogP contribution in [0.5, 0.6) is 0 Å². The van der Waals surface area contributed by atoms with Gasteiger partial charge in [-0.1, -0.05) is 23.5 Å². The first-order valence-electron chi connectivity index (χ1n) is 8.89. The number of carbonyl (C=O) groups excluding carboxylic acids is 1. The third-order valence-corrected chi connectivity index (χ3v) is 7.70. The van der Waals surface area contributed by atoms with Crippen molar-refractivity contribution in [1.29, 1.82) is 0 Å². The Bertz CT molecular complexity index is 1260. The number of carbonyl (C=O) groups is 1. The van der Waals surface area contributed by atoms with Gasteiger partial charge in [-0.05, 0) is 30.3 Å². The molecule has 1 fully saturated rings. The Morgan fingerprint density at radius 1 is 1.17 bits per heavy atom. The predicted molar refractivity (Wildman–Crippen MR) is 107 cm³/mol. The first-order chi connectivity index (χ1) is 13.9. The van der Waals surface area contributed by atoms with Crippen LogP contribution in [-0.2, 0) is 21.8 Å². The molecule has 0 N–H and O–H groups in total. The molecule has 0 aliphatic carbocycles. The molecule has 0 atom stereocenters. The van der Waals surface area contributed by atoms with Gasteiger partial charge in [0.2, 0.25) is 10.0 Å². The number of morpholine rings is 1. The number of hydrogen-bond acceptors (Lipinski definition) is 5. The highest BCUT2D eigenvalue weighted by Crippen LogP contribution is 2.22. The van der Waals surface area contributed by atoms with Crippen LogP contribution < -0.4 is 4.80 Å².